The summed E-state index contributed by atoms with van der Waals surface area (Å²) in [6.07, 6.45) is 0. The maximum Gasteiger partial charge on any atom is 0.338 e. The van der Waals surface area contributed by atoms with Crippen LogP contribution in [-0.2, 0) is 14.4 Å². The van der Waals surface area contributed by atoms with E-state index in [1.165, 1.54) is 0 Å². The van der Waals surface area contributed by atoms with Gasteiger partial charge in [0.25, 0.3) is 0 Å². The molecule has 0 N–H and O–H groups in total. The van der Waals surface area contributed by atoms with Crippen LogP contribution in [0.3, 0.4) is 0 Å². The van der Waals surface area contributed by atoms with Crippen molar-refractivity contribution in [3.63, 3.8) is 0 Å². The molecule has 0 atom stereocenters. The molecule has 6 heteroatoms. The molecule has 3 aromatic carbocycles. The highest BCUT2D eigenvalue weighted by Crippen LogP contribution is 2.37. The number of ether oxygens (including phenoxy) is 3. The number of hydrogen-bond donors (Lipinski definition) is 0. The number of hydrogen-bond acceptors (Lipinski definition) is 6. The van der Waals surface area contributed by atoms with Crippen molar-refractivity contribution in [2.75, 3.05) is 0 Å². The molecule has 0 amide bonds. The summed E-state index contributed by atoms with van der Waals surface area (Å²) in [4.78, 5) is 36.3. The fourth-order valence-corrected chi connectivity index (χ4v) is 3.07. The van der Waals surface area contributed by atoms with Gasteiger partial charge >= 0.3 is 17.9 Å². The number of rotatable bonds is 8. The Kier molecular flexibility index (Phi) is 8.02. The standard InChI is InChI=1S/C30H26O6/c1-18(2)28(31)34-24-11-7-9-21(15-24)22-13-14-26(27(17-22)36-30(33)20(5)6)23-10-8-12-25(16-23)35-29(32)19(3)4/h7-17H,1,3,5H2,2,4,6H3. The minimum absolute atomic E-state index is 0.240. The predicted octanol–water partition coefficient (Wildman–Crippen LogP) is 6.47. The number of carbonyl (C=O) groups is 3. The van der Waals surface area contributed by atoms with Crippen LogP contribution in [0, 0.1) is 0 Å². The van der Waals surface area contributed by atoms with Gasteiger partial charge in [-0.15, -0.1) is 0 Å². The van der Waals surface area contributed by atoms with Crippen LogP contribution in [0.15, 0.2) is 103 Å². The van der Waals surface area contributed by atoms with Crippen molar-refractivity contribution >= 4 is 17.9 Å². The molecule has 3 rings (SSSR count). The number of carbonyl (C=O) groups excluding carboxylic acids is 3. The van der Waals surface area contributed by atoms with Gasteiger partial charge in [-0.25, -0.2) is 14.4 Å². The Balaban J connectivity index is 2.04. The lowest BCUT2D eigenvalue weighted by molar-refractivity contribution is -0.130. The topological polar surface area (TPSA) is 78.9 Å². The van der Waals surface area contributed by atoms with E-state index in [0.29, 0.717) is 22.6 Å². The molecule has 0 aliphatic rings. The van der Waals surface area contributed by atoms with Crippen LogP contribution in [0.1, 0.15) is 20.8 Å². The Bertz CT molecular complexity index is 1400. The average Bonchev–Trinajstić information content (AvgIpc) is 2.84. The Morgan fingerprint density at radius 2 is 1.00 bits per heavy atom. The van der Waals surface area contributed by atoms with E-state index in [1.807, 2.05) is 18.2 Å². The quantitative estimate of drug-likeness (QED) is 0.208. The largest absolute Gasteiger partial charge is 0.423 e. The molecule has 0 spiro atoms. The summed E-state index contributed by atoms with van der Waals surface area (Å²) in [6, 6.07) is 19.2. The van der Waals surface area contributed by atoms with Crippen LogP contribution in [0.2, 0.25) is 0 Å². The molecule has 36 heavy (non-hydrogen) atoms. The first-order chi connectivity index (χ1) is 17.0. The van der Waals surface area contributed by atoms with E-state index in [2.05, 4.69) is 19.7 Å². The lowest BCUT2D eigenvalue weighted by atomic mass is 9.98. The van der Waals surface area contributed by atoms with Gasteiger partial charge in [0.1, 0.15) is 17.2 Å². The third-order valence-corrected chi connectivity index (χ3v) is 4.96. The molecule has 3 aromatic rings. The highest BCUT2D eigenvalue weighted by Gasteiger charge is 2.15. The molecule has 0 fully saturated rings. The van der Waals surface area contributed by atoms with E-state index in [0.717, 1.165) is 11.1 Å². The Morgan fingerprint density at radius 3 is 1.53 bits per heavy atom. The van der Waals surface area contributed by atoms with Crippen molar-refractivity contribution in [1.82, 2.24) is 0 Å². The third-order valence-electron chi connectivity index (χ3n) is 4.96. The molecule has 0 saturated heterocycles. The van der Waals surface area contributed by atoms with Gasteiger partial charge in [0.2, 0.25) is 0 Å². The normalized spacial score (nSPS) is 10.2. The minimum atomic E-state index is -0.581. The Morgan fingerprint density at radius 1 is 0.556 bits per heavy atom. The van der Waals surface area contributed by atoms with Crippen molar-refractivity contribution in [1.29, 1.82) is 0 Å². The van der Waals surface area contributed by atoms with E-state index in [9.17, 15) is 14.4 Å². The van der Waals surface area contributed by atoms with Crippen LogP contribution < -0.4 is 14.2 Å². The SMILES string of the molecule is C=C(C)C(=O)Oc1cccc(-c2ccc(-c3cccc(OC(=O)C(=C)C)c3)c(OC(=O)C(=C)C)c2)c1. The second-order valence-electron chi connectivity index (χ2n) is 8.28. The maximum absolute atomic E-state index is 12.4. The van der Waals surface area contributed by atoms with Crippen LogP contribution >= 0.6 is 0 Å². The highest BCUT2D eigenvalue weighted by atomic mass is 16.5. The number of esters is 3. The minimum Gasteiger partial charge on any atom is -0.423 e. The molecule has 0 saturated carbocycles. The van der Waals surface area contributed by atoms with Crippen LogP contribution in [-0.4, -0.2) is 17.9 Å². The fourth-order valence-electron chi connectivity index (χ4n) is 3.07. The van der Waals surface area contributed by atoms with E-state index in [4.69, 9.17) is 14.2 Å². The second kappa shape index (κ2) is 11.1. The predicted molar refractivity (Wildman–Crippen MR) is 139 cm³/mol. The summed E-state index contributed by atoms with van der Waals surface area (Å²) >= 11 is 0. The smallest absolute Gasteiger partial charge is 0.338 e. The van der Waals surface area contributed by atoms with Gasteiger partial charge in [0, 0.05) is 22.3 Å². The van der Waals surface area contributed by atoms with Gasteiger partial charge in [-0.3, -0.25) is 0 Å². The van der Waals surface area contributed by atoms with Crippen LogP contribution in [0.25, 0.3) is 22.3 Å². The summed E-state index contributed by atoms with van der Waals surface area (Å²) in [6.45, 7) is 15.5. The summed E-state index contributed by atoms with van der Waals surface area (Å²) in [5, 5.41) is 0. The van der Waals surface area contributed by atoms with Crippen LogP contribution in [0.5, 0.6) is 17.2 Å². The first-order valence-corrected chi connectivity index (χ1v) is 11.0. The molecule has 0 radical (unpaired) electrons. The molecular formula is C30H26O6. The van der Waals surface area contributed by atoms with Gasteiger partial charge in [0.05, 0.1) is 0 Å². The molecule has 6 nitrogen and oxygen atoms in total. The maximum atomic E-state index is 12.4. The van der Waals surface area contributed by atoms with Crippen molar-refractivity contribution in [2.45, 2.75) is 20.8 Å². The van der Waals surface area contributed by atoms with Crippen molar-refractivity contribution in [3.05, 3.63) is 103 Å². The van der Waals surface area contributed by atoms with Crippen molar-refractivity contribution < 1.29 is 28.6 Å². The summed E-state index contributed by atoms with van der Waals surface area (Å²) < 4.78 is 16.3. The summed E-state index contributed by atoms with van der Waals surface area (Å²) in [5.41, 5.74) is 3.54. The Hall–Kier alpha value is -4.71. The zero-order valence-corrected chi connectivity index (χ0v) is 20.4. The molecule has 0 aromatic heterocycles. The van der Waals surface area contributed by atoms with Gasteiger partial charge in [-0.05, 0) is 67.8 Å². The molecule has 0 aliphatic heterocycles. The first kappa shape index (κ1) is 25.9. The molecule has 0 aliphatic carbocycles. The monoisotopic (exact) mass is 482 g/mol. The number of benzene rings is 3. The lowest BCUT2D eigenvalue weighted by Crippen LogP contribution is -2.09. The molecule has 0 bridgehead atoms. The van der Waals surface area contributed by atoms with Gasteiger partial charge in [-0.1, -0.05) is 56.1 Å². The lowest BCUT2D eigenvalue weighted by Gasteiger charge is -2.14. The van der Waals surface area contributed by atoms with Crippen molar-refractivity contribution in [3.8, 4) is 39.5 Å². The zero-order chi connectivity index (χ0) is 26.4. The van der Waals surface area contributed by atoms with E-state index in [-0.39, 0.29) is 22.5 Å². The molecule has 0 unspecified atom stereocenters. The van der Waals surface area contributed by atoms with E-state index in [1.54, 1.807) is 69.3 Å². The van der Waals surface area contributed by atoms with E-state index < -0.39 is 17.9 Å². The van der Waals surface area contributed by atoms with Gasteiger partial charge < -0.3 is 14.2 Å². The average molecular weight is 483 g/mol. The first-order valence-electron chi connectivity index (χ1n) is 11.0. The molecular weight excluding hydrogens is 456 g/mol. The zero-order valence-electron chi connectivity index (χ0n) is 20.4. The van der Waals surface area contributed by atoms with Crippen molar-refractivity contribution in [2.24, 2.45) is 0 Å². The highest BCUT2D eigenvalue weighted by molar-refractivity contribution is 5.92. The molecule has 0 heterocycles. The van der Waals surface area contributed by atoms with Gasteiger partial charge in [-0.2, -0.15) is 0 Å². The van der Waals surface area contributed by atoms with Crippen LogP contribution in [0.4, 0.5) is 0 Å². The van der Waals surface area contributed by atoms with Gasteiger partial charge in [0.15, 0.2) is 0 Å². The van der Waals surface area contributed by atoms with E-state index >= 15 is 0 Å². The third kappa shape index (κ3) is 6.45. The molecule has 182 valence electrons. The summed E-state index contributed by atoms with van der Waals surface area (Å²) in [7, 11) is 0. The second-order valence-corrected chi connectivity index (χ2v) is 8.28. The Labute approximate surface area is 210 Å². The fraction of sp³-hybridized carbons (Fsp3) is 0.100. The summed E-state index contributed by atoms with van der Waals surface area (Å²) in [5.74, 6) is -0.670.